The highest BCUT2D eigenvalue weighted by molar-refractivity contribution is 5.97. The number of piperidine rings is 1. The fourth-order valence-electron chi connectivity index (χ4n) is 2.61. The molecule has 1 unspecified atom stereocenters. The molecule has 1 aromatic rings. The van der Waals surface area contributed by atoms with E-state index in [1.54, 1.807) is 6.92 Å². The molecule has 1 aliphatic heterocycles. The number of hydrogen-bond acceptors (Lipinski definition) is 3. The van der Waals surface area contributed by atoms with Gasteiger partial charge in [-0.2, -0.15) is 0 Å². The third-order valence-electron chi connectivity index (χ3n) is 3.89. The summed E-state index contributed by atoms with van der Waals surface area (Å²) in [7, 11) is 1.40. The van der Waals surface area contributed by atoms with Crippen molar-refractivity contribution in [3.63, 3.8) is 0 Å². The van der Waals surface area contributed by atoms with Crippen LogP contribution >= 0.6 is 0 Å². The van der Waals surface area contributed by atoms with E-state index in [2.05, 4.69) is 0 Å². The van der Waals surface area contributed by atoms with Crippen molar-refractivity contribution < 1.29 is 23.8 Å². The number of carboxylic acid groups (broad SMARTS) is 1. The van der Waals surface area contributed by atoms with Gasteiger partial charge in [-0.15, -0.1) is 0 Å². The quantitative estimate of drug-likeness (QED) is 0.928. The molecule has 1 heterocycles. The summed E-state index contributed by atoms with van der Waals surface area (Å²) in [5.41, 5.74) is -0.846. The molecule has 5 nitrogen and oxygen atoms in total. The van der Waals surface area contributed by atoms with Crippen molar-refractivity contribution in [1.82, 2.24) is 4.90 Å². The van der Waals surface area contributed by atoms with E-state index in [1.165, 1.54) is 24.1 Å². The number of aliphatic carboxylic acids is 1. The number of amides is 1. The minimum Gasteiger partial charge on any atom is -0.496 e. The number of carboxylic acids is 1. The monoisotopic (exact) mass is 295 g/mol. The second kappa shape index (κ2) is 5.71. The van der Waals surface area contributed by atoms with Gasteiger partial charge in [-0.1, -0.05) is 0 Å². The summed E-state index contributed by atoms with van der Waals surface area (Å²) in [6.07, 6.45) is 1.12. The molecule has 1 N–H and O–H groups in total. The Balaban J connectivity index is 2.28. The van der Waals surface area contributed by atoms with Crippen LogP contribution in [0.4, 0.5) is 4.39 Å². The van der Waals surface area contributed by atoms with E-state index in [9.17, 15) is 19.1 Å². The van der Waals surface area contributed by atoms with E-state index < -0.39 is 23.1 Å². The second-order valence-electron chi connectivity index (χ2n) is 5.54. The lowest BCUT2D eigenvalue weighted by atomic mass is 9.82. The molecule has 0 bridgehead atoms. The summed E-state index contributed by atoms with van der Waals surface area (Å²) in [4.78, 5) is 25.3. The van der Waals surface area contributed by atoms with Gasteiger partial charge in [0.25, 0.3) is 5.91 Å². The maximum absolute atomic E-state index is 13.4. The molecule has 0 saturated carbocycles. The maximum Gasteiger partial charge on any atom is 0.311 e. The molecule has 1 atom stereocenters. The Bertz CT molecular complexity index is 575. The van der Waals surface area contributed by atoms with Crippen molar-refractivity contribution in [2.45, 2.75) is 19.8 Å². The number of methoxy groups -OCH3 is 1. The van der Waals surface area contributed by atoms with Gasteiger partial charge in [-0.05, 0) is 38.0 Å². The normalized spacial score (nSPS) is 22.0. The van der Waals surface area contributed by atoms with Crippen LogP contribution in [0.1, 0.15) is 30.1 Å². The Morgan fingerprint density at radius 2 is 2.14 bits per heavy atom. The highest BCUT2D eigenvalue weighted by Gasteiger charge is 2.39. The van der Waals surface area contributed by atoms with Gasteiger partial charge >= 0.3 is 5.97 Å². The van der Waals surface area contributed by atoms with Crippen molar-refractivity contribution in [2.24, 2.45) is 5.41 Å². The zero-order valence-corrected chi connectivity index (χ0v) is 12.1. The third-order valence-corrected chi connectivity index (χ3v) is 3.89. The van der Waals surface area contributed by atoms with Crippen LogP contribution in [0.2, 0.25) is 0 Å². The lowest BCUT2D eigenvalue weighted by Gasteiger charge is -2.37. The fraction of sp³-hybridized carbons (Fsp3) is 0.467. The van der Waals surface area contributed by atoms with Gasteiger partial charge in [0, 0.05) is 13.1 Å². The largest absolute Gasteiger partial charge is 0.496 e. The summed E-state index contributed by atoms with van der Waals surface area (Å²) in [6, 6.07) is 3.73. The summed E-state index contributed by atoms with van der Waals surface area (Å²) in [5, 5.41) is 9.29. The van der Waals surface area contributed by atoms with Crippen LogP contribution < -0.4 is 4.74 Å². The van der Waals surface area contributed by atoms with Crippen molar-refractivity contribution >= 4 is 11.9 Å². The molecule has 0 radical (unpaired) electrons. The van der Waals surface area contributed by atoms with Crippen LogP contribution in [0.25, 0.3) is 0 Å². The van der Waals surface area contributed by atoms with Crippen LogP contribution in [0.15, 0.2) is 18.2 Å². The molecule has 2 rings (SSSR count). The van der Waals surface area contributed by atoms with Gasteiger partial charge in [0.15, 0.2) is 0 Å². The summed E-state index contributed by atoms with van der Waals surface area (Å²) >= 11 is 0. The van der Waals surface area contributed by atoms with Crippen LogP contribution in [-0.2, 0) is 4.79 Å². The molecule has 114 valence electrons. The van der Waals surface area contributed by atoms with Gasteiger partial charge in [0.05, 0.1) is 18.1 Å². The van der Waals surface area contributed by atoms with E-state index >= 15 is 0 Å². The van der Waals surface area contributed by atoms with Crippen molar-refractivity contribution in [1.29, 1.82) is 0 Å². The van der Waals surface area contributed by atoms with Gasteiger partial charge in [-0.25, -0.2) is 4.39 Å². The molecule has 1 saturated heterocycles. The maximum atomic E-state index is 13.4. The van der Waals surface area contributed by atoms with E-state index in [1.807, 2.05) is 0 Å². The molecule has 1 aromatic carbocycles. The average molecular weight is 295 g/mol. The zero-order valence-electron chi connectivity index (χ0n) is 12.1. The molecule has 1 aliphatic rings. The zero-order chi connectivity index (χ0) is 15.6. The van der Waals surface area contributed by atoms with E-state index in [4.69, 9.17) is 4.74 Å². The van der Waals surface area contributed by atoms with E-state index in [0.29, 0.717) is 19.4 Å². The Hall–Kier alpha value is -2.11. The number of carbonyl (C=O) groups excluding carboxylic acids is 1. The molecule has 0 aliphatic carbocycles. The number of likely N-dealkylation sites (tertiary alicyclic amines) is 1. The standard InChI is InChI=1S/C15H18FNO4/c1-15(14(19)20)6-3-7-17(9-15)13(18)11-8-10(16)4-5-12(11)21-2/h4-5,8H,3,6-7,9H2,1-2H3,(H,19,20). The summed E-state index contributed by atoms with van der Waals surface area (Å²) < 4.78 is 18.5. The van der Waals surface area contributed by atoms with Gasteiger partial charge < -0.3 is 14.7 Å². The molecule has 6 heteroatoms. The molecule has 1 fully saturated rings. The summed E-state index contributed by atoms with van der Waals surface area (Å²) in [5.74, 6) is -1.58. The number of rotatable bonds is 3. The van der Waals surface area contributed by atoms with Crippen molar-refractivity contribution in [3.8, 4) is 5.75 Å². The first-order valence-electron chi connectivity index (χ1n) is 6.73. The average Bonchev–Trinajstić information content (AvgIpc) is 2.46. The number of carbonyl (C=O) groups is 2. The molecular formula is C15H18FNO4. The first kappa shape index (κ1) is 15.3. The Morgan fingerprint density at radius 3 is 2.76 bits per heavy atom. The highest BCUT2D eigenvalue weighted by Crippen LogP contribution is 2.31. The number of benzene rings is 1. The smallest absolute Gasteiger partial charge is 0.311 e. The molecular weight excluding hydrogens is 277 g/mol. The highest BCUT2D eigenvalue weighted by atomic mass is 19.1. The minimum absolute atomic E-state index is 0.112. The SMILES string of the molecule is COc1ccc(F)cc1C(=O)N1CCCC(C)(C(=O)O)C1. The second-order valence-corrected chi connectivity index (χ2v) is 5.54. The van der Waals surface area contributed by atoms with Crippen LogP contribution in [0.3, 0.4) is 0 Å². The van der Waals surface area contributed by atoms with Gasteiger partial charge in [-0.3, -0.25) is 9.59 Å². The number of nitrogens with zero attached hydrogens (tertiary/aromatic N) is 1. The minimum atomic E-state index is -0.964. The molecule has 21 heavy (non-hydrogen) atoms. The fourth-order valence-corrected chi connectivity index (χ4v) is 2.61. The van der Waals surface area contributed by atoms with Crippen LogP contribution in [-0.4, -0.2) is 42.1 Å². The molecule has 0 aromatic heterocycles. The number of hydrogen-bond donors (Lipinski definition) is 1. The topological polar surface area (TPSA) is 66.8 Å². The van der Waals surface area contributed by atoms with Gasteiger partial charge in [0.2, 0.25) is 0 Å². The van der Waals surface area contributed by atoms with Gasteiger partial charge in [0.1, 0.15) is 11.6 Å². The Labute approximate surface area is 122 Å². The van der Waals surface area contributed by atoms with Crippen molar-refractivity contribution in [3.05, 3.63) is 29.6 Å². The predicted molar refractivity (Wildman–Crippen MR) is 73.8 cm³/mol. The third kappa shape index (κ3) is 2.99. The van der Waals surface area contributed by atoms with E-state index in [-0.39, 0.29) is 17.9 Å². The molecule has 1 amide bonds. The lowest BCUT2D eigenvalue weighted by Crippen LogP contribution is -2.48. The summed E-state index contributed by atoms with van der Waals surface area (Å²) in [6.45, 7) is 2.19. The van der Waals surface area contributed by atoms with Crippen LogP contribution in [0.5, 0.6) is 5.75 Å². The molecule has 0 spiro atoms. The Morgan fingerprint density at radius 1 is 1.43 bits per heavy atom. The van der Waals surface area contributed by atoms with E-state index in [0.717, 1.165) is 6.07 Å². The first-order chi connectivity index (χ1) is 9.87. The van der Waals surface area contributed by atoms with Crippen LogP contribution in [0, 0.1) is 11.2 Å². The lowest BCUT2D eigenvalue weighted by molar-refractivity contribution is -0.150. The van der Waals surface area contributed by atoms with Crippen molar-refractivity contribution in [2.75, 3.05) is 20.2 Å². The first-order valence-corrected chi connectivity index (χ1v) is 6.73. The Kier molecular flexibility index (Phi) is 4.16. The predicted octanol–water partition coefficient (Wildman–Crippen LogP) is 2.16. The number of ether oxygens (including phenoxy) is 1. The number of halogens is 1.